The molecular formula is C28H46AcO8. The maximum absolute atomic E-state index is 14.1. The topological polar surface area (TPSA) is 145 Å². The van der Waals surface area contributed by atoms with Gasteiger partial charge in [-0.05, 0) is 56.1 Å². The molecule has 3 rings (SSSR count). The fourth-order valence-electron chi connectivity index (χ4n) is 7.96. The molecule has 3 aliphatic rings. The molecule has 9 heteroatoms. The predicted octanol–water partition coefficient (Wildman–Crippen LogP) is 2.14. The number of ether oxygens (including phenoxy) is 1. The molecule has 10 atom stereocenters. The van der Waals surface area contributed by atoms with Gasteiger partial charge < -0.3 is 30.3 Å². The van der Waals surface area contributed by atoms with Crippen molar-refractivity contribution in [1.29, 1.82) is 0 Å². The first-order valence-electron chi connectivity index (χ1n) is 13.3. The van der Waals surface area contributed by atoms with Crippen LogP contribution in [0.4, 0.5) is 0 Å². The summed E-state index contributed by atoms with van der Waals surface area (Å²) in [5.41, 5.74) is -4.96. The van der Waals surface area contributed by atoms with E-state index in [0.717, 1.165) is 0 Å². The molecule has 3 aliphatic carbocycles. The molecule has 0 aliphatic heterocycles. The van der Waals surface area contributed by atoms with Gasteiger partial charge in [-0.2, -0.15) is 0 Å². The molecule has 0 saturated heterocycles. The van der Waals surface area contributed by atoms with E-state index < -0.39 is 70.0 Å². The molecule has 0 heterocycles. The Balaban J connectivity index is 0.00000481. The van der Waals surface area contributed by atoms with Gasteiger partial charge in [0.1, 0.15) is 12.2 Å². The number of aliphatic hydroxyl groups excluding tert-OH is 3. The van der Waals surface area contributed by atoms with Crippen LogP contribution in [0.5, 0.6) is 0 Å². The van der Waals surface area contributed by atoms with Crippen molar-refractivity contribution in [1.82, 2.24) is 0 Å². The second kappa shape index (κ2) is 10.8. The summed E-state index contributed by atoms with van der Waals surface area (Å²) in [7, 11) is 0. The Hall–Kier alpha value is 0.122. The van der Waals surface area contributed by atoms with Crippen LogP contribution in [-0.4, -0.2) is 72.9 Å². The van der Waals surface area contributed by atoms with Gasteiger partial charge in [0.2, 0.25) is 0 Å². The number of aliphatic hydroxyl groups is 5. The van der Waals surface area contributed by atoms with Crippen molar-refractivity contribution in [3.05, 3.63) is 11.1 Å². The van der Waals surface area contributed by atoms with Crippen LogP contribution in [0, 0.1) is 78.6 Å². The summed E-state index contributed by atoms with van der Waals surface area (Å²) < 4.78 is 5.69. The Kier molecular flexibility index (Phi) is 9.76. The Morgan fingerprint density at radius 1 is 1.14 bits per heavy atom. The number of rotatable bonds is 4. The third-order valence-electron chi connectivity index (χ3n) is 10.4. The quantitative estimate of drug-likeness (QED) is 0.218. The van der Waals surface area contributed by atoms with Crippen LogP contribution < -0.4 is 0 Å². The number of carbonyl (C=O) groups excluding carboxylic acids is 2. The van der Waals surface area contributed by atoms with E-state index >= 15 is 0 Å². The van der Waals surface area contributed by atoms with E-state index in [-0.39, 0.29) is 74.3 Å². The van der Waals surface area contributed by atoms with E-state index in [1.165, 1.54) is 0 Å². The van der Waals surface area contributed by atoms with Gasteiger partial charge in [0, 0.05) is 61.8 Å². The third kappa shape index (κ3) is 4.75. The molecule has 5 N–H and O–H groups in total. The minimum absolute atomic E-state index is 0. The Labute approximate surface area is 256 Å². The Bertz CT molecular complexity index is 942. The molecule has 1 radical (unpaired) electrons. The van der Waals surface area contributed by atoms with E-state index in [1.54, 1.807) is 55.4 Å². The molecule has 0 aromatic carbocycles. The molecule has 2 fully saturated rings. The standard InChI is InChI=1S/C28H46O8.Ac/c1-10-16-11-18(29)26(8)22(27(16,9)34)15(5)28(35)12-17(36-24(33)20(30)13(2)3)14(4)19(25(28,6)7)21(31)23(26)32;/h13,15-18,20-22,29-31,34-35H,10-12H2,1-9H3;/t15-,16+,17?,18?,20?,21?,22?,26+,27-,28?;/m0./s1. The van der Waals surface area contributed by atoms with Gasteiger partial charge in [-0.1, -0.05) is 48.0 Å². The molecule has 209 valence electrons. The van der Waals surface area contributed by atoms with E-state index in [2.05, 4.69) is 0 Å². The van der Waals surface area contributed by atoms with E-state index in [4.69, 9.17) is 4.74 Å². The number of ketones is 1. The van der Waals surface area contributed by atoms with E-state index in [1.807, 2.05) is 6.92 Å². The smallest absolute Gasteiger partial charge is 0.335 e. The van der Waals surface area contributed by atoms with Crippen molar-refractivity contribution in [2.75, 3.05) is 0 Å². The van der Waals surface area contributed by atoms with Gasteiger partial charge in [0.25, 0.3) is 0 Å². The molecule has 0 aromatic heterocycles. The van der Waals surface area contributed by atoms with Crippen LogP contribution in [-0.2, 0) is 14.3 Å². The van der Waals surface area contributed by atoms with Crippen LogP contribution >= 0.6 is 0 Å². The first-order chi connectivity index (χ1) is 16.3. The van der Waals surface area contributed by atoms with Crippen LogP contribution in [0.15, 0.2) is 11.1 Å². The summed E-state index contributed by atoms with van der Waals surface area (Å²) in [6, 6.07) is 0. The number of carbonyl (C=O) groups is 2. The molecular weight excluding hydrogens is 691 g/mol. The average molecular weight is 738 g/mol. The second-order valence-corrected chi connectivity index (χ2v) is 12.9. The molecule has 2 bridgehead atoms. The number of Topliss-reactive ketones (excluding diaryl/α,β-unsaturated/α-hetero) is 1. The Morgan fingerprint density at radius 2 is 1.68 bits per heavy atom. The zero-order valence-electron chi connectivity index (χ0n) is 23.8. The van der Waals surface area contributed by atoms with Gasteiger partial charge in [0.05, 0.1) is 22.7 Å². The first kappa shape index (κ1) is 33.3. The van der Waals surface area contributed by atoms with Gasteiger partial charge in [-0.3, -0.25) is 4.79 Å². The van der Waals surface area contributed by atoms with Crippen molar-refractivity contribution in [2.24, 2.45) is 34.5 Å². The van der Waals surface area contributed by atoms with Crippen LogP contribution in [0.3, 0.4) is 0 Å². The van der Waals surface area contributed by atoms with Crippen LogP contribution in [0.25, 0.3) is 0 Å². The zero-order valence-corrected chi connectivity index (χ0v) is 28.5. The summed E-state index contributed by atoms with van der Waals surface area (Å²) >= 11 is 0. The summed E-state index contributed by atoms with van der Waals surface area (Å²) in [5.74, 6) is -3.76. The van der Waals surface area contributed by atoms with Crippen molar-refractivity contribution >= 4 is 11.8 Å². The first-order valence-corrected chi connectivity index (χ1v) is 13.3. The van der Waals surface area contributed by atoms with Gasteiger partial charge in [-0.15, -0.1) is 0 Å². The van der Waals surface area contributed by atoms with Gasteiger partial charge in [0.15, 0.2) is 11.9 Å². The SMILES string of the molecule is CC[C@@H]1CC(O)[C@@]2(C)C(=O)C(O)C3=C(C)C(OC(=O)C(O)C(C)C)CC(O)([C@@H](C)C2[C@@]1(C)O)C3(C)C.[Ac]. The number of esters is 1. The van der Waals surface area contributed by atoms with Crippen LogP contribution in [0.1, 0.15) is 81.6 Å². The molecule has 6 unspecified atom stereocenters. The monoisotopic (exact) mass is 737 g/mol. The third-order valence-corrected chi connectivity index (χ3v) is 10.4. The molecule has 2 saturated carbocycles. The predicted molar refractivity (Wildman–Crippen MR) is 134 cm³/mol. The normalized spacial score (nSPS) is 44.4. The molecule has 0 spiro atoms. The van der Waals surface area contributed by atoms with E-state index in [0.29, 0.717) is 12.0 Å². The maximum Gasteiger partial charge on any atom is 0.335 e. The second-order valence-electron chi connectivity index (χ2n) is 12.9. The summed E-state index contributed by atoms with van der Waals surface area (Å²) in [4.78, 5) is 26.8. The summed E-state index contributed by atoms with van der Waals surface area (Å²) in [6.07, 6.45) is -4.39. The fraction of sp³-hybridized carbons (Fsp3) is 0.857. The maximum atomic E-state index is 14.1. The van der Waals surface area contributed by atoms with Crippen molar-refractivity contribution in [3.63, 3.8) is 0 Å². The molecule has 37 heavy (non-hydrogen) atoms. The average Bonchev–Trinajstić information content (AvgIpc) is 2.77. The van der Waals surface area contributed by atoms with Crippen LogP contribution in [0.2, 0.25) is 0 Å². The number of hydrogen-bond acceptors (Lipinski definition) is 8. The van der Waals surface area contributed by atoms with Crippen molar-refractivity contribution < 1.29 is 83.9 Å². The number of hydrogen-bond donors (Lipinski definition) is 5. The van der Waals surface area contributed by atoms with Gasteiger partial charge >= 0.3 is 5.97 Å². The largest absolute Gasteiger partial charge is 0.456 e. The van der Waals surface area contributed by atoms with Gasteiger partial charge in [-0.25, -0.2) is 4.79 Å². The molecule has 0 amide bonds. The molecule has 0 aromatic rings. The van der Waals surface area contributed by atoms with Crippen molar-refractivity contribution in [2.45, 2.75) is 117 Å². The van der Waals surface area contributed by atoms with Crippen molar-refractivity contribution in [3.8, 4) is 0 Å². The Morgan fingerprint density at radius 3 is 2.16 bits per heavy atom. The fourth-order valence-corrected chi connectivity index (χ4v) is 7.96. The minimum atomic E-state index is -1.67. The summed E-state index contributed by atoms with van der Waals surface area (Å²) in [5, 5.41) is 57.5. The van der Waals surface area contributed by atoms with E-state index in [9.17, 15) is 35.1 Å². The zero-order chi connectivity index (χ0) is 27.8. The molecule has 8 nitrogen and oxygen atoms in total. The minimum Gasteiger partial charge on any atom is -0.456 e. The summed E-state index contributed by atoms with van der Waals surface area (Å²) in [6.45, 7) is 15.5. The number of fused-ring (bicyclic) bond motifs is 3.